The van der Waals surface area contributed by atoms with E-state index in [2.05, 4.69) is 5.32 Å². The molecular formula is C13H24N2O2. The predicted octanol–water partition coefficient (Wildman–Crippen LogP) is 0.732. The lowest BCUT2D eigenvalue weighted by atomic mass is 9.83. The van der Waals surface area contributed by atoms with E-state index in [1.54, 1.807) is 0 Å². The van der Waals surface area contributed by atoms with Gasteiger partial charge in [-0.1, -0.05) is 12.8 Å². The smallest absolute Gasteiger partial charge is 0.114 e. The Morgan fingerprint density at radius 3 is 2.71 bits per heavy atom. The molecule has 0 aromatic heterocycles. The molecule has 3 aliphatic rings. The molecule has 4 nitrogen and oxygen atoms in total. The topological polar surface area (TPSA) is 67.5 Å². The largest absolute Gasteiger partial charge is 0.393 e. The van der Waals surface area contributed by atoms with Gasteiger partial charge in [-0.15, -0.1) is 0 Å². The maximum atomic E-state index is 10.1. The van der Waals surface area contributed by atoms with Gasteiger partial charge in [0.25, 0.3) is 0 Å². The lowest BCUT2D eigenvalue weighted by molar-refractivity contribution is -0.0617. The molecule has 6 atom stereocenters. The van der Waals surface area contributed by atoms with E-state index in [0.29, 0.717) is 12.1 Å². The number of ether oxygens (including phenoxy) is 1. The summed E-state index contributed by atoms with van der Waals surface area (Å²) in [6, 6.07) is 0.696. The lowest BCUT2D eigenvalue weighted by Gasteiger charge is -2.34. The van der Waals surface area contributed by atoms with Crippen molar-refractivity contribution in [2.45, 2.75) is 75.5 Å². The standard InChI is InChI=1S/C13H24N2O2/c14-8-5-6-9(11(16)7-8)13-15-10-3-1-2-4-12(10)17-13/h8-13,15-16H,1-7,14H2. The first-order valence-electron chi connectivity index (χ1n) is 7.09. The van der Waals surface area contributed by atoms with Crippen molar-refractivity contribution >= 4 is 0 Å². The fourth-order valence-corrected chi connectivity index (χ4v) is 3.67. The zero-order valence-corrected chi connectivity index (χ0v) is 10.3. The van der Waals surface area contributed by atoms with Gasteiger partial charge in [-0.25, -0.2) is 0 Å². The second-order valence-electron chi connectivity index (χ2n) is 5.96. The molecule has 1 saturated heterocycles. The third-order valence-corrected chi connectivity index (χ3v) is 4.70. The van der Waals surface area contributed by atoms with E-state index in [4.69, 9.17) is 10.5 Å². The van der Waals surface area contributed by atoms with Crippen LogP contribution in [-0.2, 0) is 4.74 Å². The van der Waals surface area contributed by atoms with E-state index in [1.807, 2.05) is 0 Å². The van der Waals surface area contributed by atoms with E-state index in [0.717, 1.165) is 19.3 Å². The van der Waals surface area contributed by atoms with E-state index < -0.39 is 0 Å². The molecule has 4 heteroatoms. The highest BCUT2D eigenvalue weighted by Gasteiger charge is 2.42. The van der Waals surface area contributed by atoms with Crippen LogP contribution in [0.15, 0.2) is 0 Å². The summed E-state index contributed by atoms with van der Waals surface area (Å²) >= 11 is 0. The van der Waals surface area contributed by atoms with Gasteiger partial charge in [-0.3, -0.25) is 5.32 Å². The number of aliphatic hydroxyl groups excluding tert-OH is 1. The summed E-state index contributed by atoms with van der Waals surface area (Å²) in [5.41, 5.74) is 5.88. The fraction of sp³-hybridized carbons (Fsp3) is 1.00. The van der Waals surface area contributed by atoms with Crippen LogP contribution < -0.4 is 11.1 Å². The van der Waals surface area contributed by atoms with Gasteiger partial charge in [-0.2, -0.15) is 0 Å². The number of fused-ring (bicyclic) bond motifs is 1. The molecule has 17 heavy (non-hydrogen) atoms. The predicted molar refractivity (Wildman–Crippen MR) is 65.4 cm³/mol. The van der Waals surface area contributed by atoms with Gasteiger partial charge in [-0.05, 0) is 32.1 Å². The molecule has 1 heterocycles. The van der Waals surface area contributed by atoms with Gasteiger partial charge < -0.3 is 15.6 Å². The minimum absolute atomic E-state index is 0.0607. The average molecular weight is 240 g/mol. The Morgan fingerprint density at radius 1 is 1.12 bits per heavy atom. The minimum Gasteiger partial charge on any atom is -0.393 e. The third-order valence-electron chi connectivity index (χ3n) is 4.70. The summed E-state index contributed by atoms with van der Waals surface area (Å²) in [5, 5.41) is 13.7. The van der Waals surface area contributed by atoms with Crippen molar-refractivity contribution in [3.05, 3.63) is 0 Å². The molecule has 0 bridgehead atoms. The van der Waals surface area contributed by atoms with E-state index in [1.165, 1.54) is 25.7 Å². The monoisotopic (exact) mass is 240 g/mol. The van der Waals surface area contributed by atoms with Gasteiger partial charge in [0.1, 0.15) is 6.23 Å². The van der Waals surface area contributed by atoms with Crippen molar-refractivity contribution in [3.63, 3.8) is 0 Å². The van der Waals surface area contributed by atoms with Crippen molar-refractivity contribution in [3.8, 4) is 0 Å². The minimum atomic E-state index is -0.295. The highest BCUT2D eigenvalue weighted by molar-refractivity contribution is 4.94. The van der Waals surface area contributed by atoms with E-state index >= 15 is 0 Å². The summed E-state index contributed by atoms with van der Waals surface area (Å²) in [6.45, 7) is 0. The first kappa shape index (κ1) is 11.9. The summed E-state index contributed by atoms with van der Waals surface area (Å²) in [7, 11) is 0. The highest BCUT2D eigenvalue weighted by Crippen LogP contribution is 2.34. The van der Waals surface area contributed by atoms with Crippen molar-refractivity contribution in [2.24, 2.45) is 11.7 Å². The van der Waals surface area contributed by atoms with Crippen molar-refractivity contribution in [1.82, 2.24) is 5.32 Å². The van der Waals surface area contributed by atoms with Crippen LogP contribution in [0.4, 0.5) is 0 Å². The van der Waals surface area contributed by atoms with Gasteiger partial charge in [0, 0.05) is 18.0 Å². The number of hydrogen-bond donors (Lipinski definition) is 3. The molecular weight excluding hydrogens is 216 g/mol. The Kier molecular flexibility index (Phi) is 3.39. The summed E-state index contributed by atoms with van der Waals surface area (Å²) in [5.74, 6) is 0.236. The zero-order valence-electron chi connectivity index (χ0n) is 10.3. The van der Waals surface area contributed by atoms with Crippen LogP contribution >= 0.6 is 0 Å². The second-order valence-corrected chi connectivity index (χ2v) is 5.96. The quantitative estimate of drug-likeness (QED) is 0.632. The molecule has 0 aromatic rings. The molecule has 2 aliphatic carbocycles. The van der Waals surface area contributed by atoms with E-state index in [-0.39, 0.29) is 24.3 Å². The Morgan fingerprint density at radius 2 is 1.94 bits per heavy atom. The number of rotatable bonds is 1. The molecule has 0 aromatic carbocycles. The van der Waals surface area contributed by atoms with Crippen molar-refractivity contribution in [2.75, 3.05) is 0 Å². The molecule has 3 rings (SSSR count). The molecule has 0 radical (unpaired) electrons. The summed E-state index contributed by atoms with van der Waals surface area (Å²) in [6.07, 6.45) is 7.87. The average Bonchev–Trinajstić information content (AvgIpc) is 2.72. The molecule has 1 aliphatic heterocycles. The van der Waals surface area contributed by atoms with Crippen LogP contribution in [0.2, 0.25) is 0 Å². The Balaban J connectivity index is 1.61. The number of nitrogens with one attached hydrogen (secondary N) is 1. The Bertz CT molecular complexity index is 260. The van der Waals surface area contributed by atoms with Gasteiger partial charge in [0.05, 0.1) is 12.2 Å². The van der Waals surface area contributed by atoms with Crippen LogP contribution in [0.3, 0.4) is 0 Å². The molecule has 4 N–H and O–H groups in total. The first-order chi connectivity index (χ1) is 8.24. The number of hydrogen-bond acceptors (Lipinski definition) is 4. The number of nitrogens with two attached hydrogens (primary N) is 1. The molecule has 3 fully saturated rings. The third kappa shape index (κ3) is 2.36. The summed E-state index contributed by atoms with van der Waals surface area (Å²) < 4.78 is 6.10. The van der Waals surface area contributed by atoms with Crippen LogP contribution in [0.25, 0.3) is 0 Å². The second kappa shape index (κ2) is 4.84. The maximum absolute atomic E-state index is 10.1. The molecule has 0 amide bonds. The van der Waals surface area contributed by atoms with Crippen LogP contribution in [0, 0.1) is 5.92 Å². The first-order valence-corrected chi connectivity index (χ1v) is 7.09. The van der Waals surface area contributed by atoms with Crippen LogP contribution in [0.5, 0.6) is 0 Å². The molecule has 98 valence electrons. The summed E-state index contributed by atoms with van der Waals surface area (Å²) in [4.78, 5) is 0. The molecule has 6 unspecified atom stereocenters. The fourth-order valence-electron chi connectivity index (χ4n) is 3.67. The Labute approximate surface area is 103 Å². The Hall–Kier alpha value is -0.160. The highest BCUT2D eigenvalue weighted by atomic mass is 16.5. The number of aliphatic hydroxyl groups is 1. The van der Waals surface area contributed by atoms with Crippen LogP contribution in [0.1, 0.15) is 44.9 Å². The normalized spacial score (nSPS) is 51.2. The van der Waals surface area contributed by atoms with Gasteiger partial charge in [0.2, 0.25) is 0 Å². The lowest BCUT2D eigenvalue weighted by Crippen LogP contribution is -2.46. The maximum Gasteiger partial charge on any atom is 0.114 e. The zero-order chi connectivity index (χ0) is 11.8. The van der Waals surface area contributed by atoms with Gasteiger partial charge in [0.15, 0.2) is 0 Å². The van der Waals surface area contributed by atoms with Crippen molar-refractivity contribution in [1.29, 1.82) is 0 Å². The molecule has 2 saturated carbocycles. The SMILES string of the molecule is NC1CCC(C2NC3CCCCC3O2)C(O)C1. The van der Waals surface area contributed by atoms with E-state index in [9.17, 15) is 5.11 Å². The van der Waals surface area contributed by atoms with Crippen molar-refractivity contribution < 1.29 is 9.84 Å². The van der Waals surface area contributed by atoms with Crippen LogP contribution in [-0.4, -0.2) is 35.6 Å². The molecule has 0 spiro atoms. The van der Waals surface area contributed by atoms with Gasteiger partial charge >= 0.3 is 0 Å².